The summed E-state index contributed by atoms with van der Waals surface area (Å²) in [6.07, 6.45) is 0. The third-order valence-electron chi connectivity index (χ3n) is 2.10. The van der Waals surface area contributed by atoms with Gasteiger partial charge in [0.25, 0.3) is 16.0 Å². The zero-order valence-corrected chi connectivity index (χ0v) is 9.96. The Kier molecular flexibility index (Phi) is 3.38. The number of anilines is 1. The molecule has 0 atom stereocenters. The van der Waals surface area contributed by atoms with Crippen LogP contribution >= 0.6 is 0 Å². The fraction of sp³-hybridized carbons (Fsp3) is 0. The summed E-state index contributed by atoms with van der Waals surface area (Å²) in [5.74, 6) is -6.42. The molecule has 0 amide bonds. The van der Waals surface area contributed by atoms with E-state index in [4.69, 9.17) is 0 Å². The van der Waals surface area contributed by atoms with Crippen LogP contribution in [0.2, 0.25) is 0 Å². The second kappa shape index (κ2) is 4.84. The maximum Gasteiger partial charge on any atom is 0.271 e. The quantitative estimate of drug-likeness (QED) is 0.933. The molecule has 0 unspecified atom stereocenters. The topological polar surface area (TPSA) is 72.0 Å². The molecule has 19 heavy (non-hydrogen) atoms. The molecule has 0 spiro atoms. The second-order valence-electron chi connectivity index (χ2n) is 3.39. The molecule has 100 valence electrons. The average molecular weight is 289 g/mol. The predicted molar refractivity (Wildman–Crippen MR) is 59.2 cm³/mol. The summed E-state index contributed by atoms with van der Waals surface area (Å²) in [6, 6.07) is 6.96. The Hall–Kier alpha value is -2.16. The van der Waals surface area contributed by atoms with Gasteiger partial charge in [-0.2, -0.15) is 13.2 Å². The van der Waals surface area contributed by atoms with Crippen LogP contribution in [0.4, 0.5) is 19.0 Å². The smallest absolute Gasteiger partial charge is 0.259 e. The van der Waals surface area contributed by atoms with Crippen LogP contribution < -0.4 is 4.72 Å². The molecule has 0 aliphatic rings. The molecule has 5 nitrogen and oxygen atoms in total. The number of sulfonamides is 1. The molecule has 0 aliphatic carbocycles. The van der Waals surface area contributed by atoms with Gasteiger partial charge in [0.05, 0.1) is 4.90 Å². The first-order valence-corrected chi connectivity index (χ1v) is 6.35. The van der Waals surface area contributed by atoms with Gasteiger partial charge < -0.3 is 0 Å². The van der Waals surface area contributed by atoms with E-state index < -0.39 is 33.4 Å². The molecule has 2 rings (SSSR count). The van der Waals surface area contributed by atoms with Crippen LogP contribution in [0.1, 0.15) is 0 Å². The van der Waals surface area contributed by atoms with Crippen molar-refractivity contribution in [1.29, 1.82) is 0 Å². The number of hydrogen-bond acceptors (Lipinski definition) is 4. The Morgan fingerprint density at radius 2 is 1.58 bits per heavy atom. The summed E-state index contributed by atoms with van der Waals surface area (Å²) in [7, 11) is -4.15. The van der Waals surface area contributed by atoms with E-state index in [0.717, 1.165) is 0 Å². The van der Waals surface area contributed by atoms with Gasteiger partial charge in [0.1, 0.15) is 0 Å². The average Bonchev–Trinajstić information content (AvgIpc) is 2.40. The number of aromatic nitrogens is 2. The molecule has 0 saturated heterocycles. The fourth-order valence-corrected chi connectivity index (χ4v) is 2.25. The number of nitrogens with one attached hydrogen (secondary N) is 1. The zero-order chi connectivity index (χ0) is 14.0. The van der Waals surface area contributed by atoms with Gasteiger partial charge in [-0.15, -0.1) is 10.2 Å². The highest BCUT2D eigenvalue weighted by Gasteiger charge is 2.22. The van der Waals surface area contributed by atoms with E-state index in [9.17, 15) is 21.6 Å². The molecule has 9 heteroatoms. The Labute approximate surface area is 106 Å². The van der Waals surface area contributed by atoms with E-state index in [1.165, 1.54) is 24.3 Å². The number of hydrogen-bond donors (Lipinski definition) is 1. The van der Waals surface area contributed by atoms with Crippen LogP contribution in [0.25, 0.3) is 0 Å². The number of halogens is 3. The van der Waals surface area contributed by atoms with Crippen LogP contribution in [0, 0.1) is 17.6 Å². The first-order valence-electron chi connectivity index (χ1n) is 4.87. The van der Waals surface area contributed by atoms with Crippen molar-refractivity contribution in [3.05, 3.63) is 47.9 Å². The molecule has 1 N–H and O–H groups in total. The van der Waals surface area contributed by atoms with Crippen molar-refractivity contribution in [3.8, 4) is 0 Å². The molecule has 0 aliphatic heterocycles. The molecule has 0 bridgehead atoms. The summed E-state index contributed by atoms with van der Waals surface area (Å²) in [5, 5.41) is 5.58. The van der Waals surface area contributed by atoms with Crippen molar-refractivity contribution in [1.82, 2.24) is 10.2 Å². The van der Waals surface area contributed by atoms with Crippen molar-refractivity contribution in [2.24, 2.45) is 0 Å². The van der Waals surface area contributed by atoms with Crippen LogP contribution in [0.3, 0.4) is 0 Å². The molecule has 0 radical (unpaired) electrons. The lowest BCUT2D eigenvalue weighted by molar-refractivity contribution is 0.416. The SMILES string of the molecule is O=S(=O)(Nc1nnc(F)c(F)c1F)c1ccccc1. The summed E-state index contributed by atoms with van der Waals surface area (Å²) >= 11 is 0. The minimum absolute atomic E-state index is 0.180. The summed E-state index contributed by atoms with van der Waals surface area (Å²) in [6.45, 7) is 0. The van der Waals surface area contributed by atoms with Crippen LogP contribution in [-0.2, 0) is 10.0 Å². The minimum Gasteiger partial charge on any atom is -0.259 e. The maximum absolute atomic E-state index is 13.3. The van der Waals surface area contributed by atoms with E-state index >= 15 is 0 Å². The van der Waals surface area contributed by atoms with Gasteiger partial charge in [-0.25, -0.2) is 8.42 Å². The standard InChI is InChI=1S/C10H6F3N3O2S/c11-7-8(12)10(15-14-9(7)13)16-19(17,18)6-4-2-1-3-5-6/h1-5H,(H,15,16). The monoisotopic (exact) mass is 289 g/mol. The van der Waals surface area contributed by atoms with E-state index in [1.54, 1.807) is 10.8 Å². The predicted octanol–water partition coefficient (Wildman–Crippen LogP) is 1.69. The highest BCUT2D eigenvalue weighted by atomic mass is 32.2. The van der Waals surface area contributed by atoms with Crippen LogP contribution in [-0.4, -0.2) is 18.6 Å². The lowest BCUT2D eigenvalue weighted by Crippen LogP contribution is -2.16. The number of benzene rings is 1. The Balaban J connectivity index is 2.40. The summed E-state index contributed by atoms with van der Waals surface area (Å²) < 4.78 is 64.0. The molecule has 1 aromatic heterocycles. The van der Waals surface area contributed by atoms with Gasteiger partial charge in [0, 0.05) is 0 Å². The van der Waals surface area contributed by atoms with Crippen molar-refractivity contribution < 1.29 is 21.6 Å². The van der Waals surface area contributed by atoms with Gasteiger partial charge in [-0.1, -0.05) is 18.2 Å². The van der Waals surface area contributed by atoms with E-state index in [2.05, 4.69) is 10.2 Å². The molecule has 2 aromatic rings. The van der Waals surface area contributed by atoms with Gasteiger partial charge in [-0.3, -0.25) is 4.72 Å². The first-order chi connectivity index (χ1) is 8.92. The van der Waals surface area contributed by atoms with Crippen molar-refractivity contribution in [3.63, 3.8) is 0 Å². The van der Waals surface area contributed by atoms with Crippen LogP contribution in [0.15, 0.2) is 35.2 Å². The van der Waals surface area contributed by atoms with Gasteiger partial charge in [-0.05, 0) is 12.1 Å². The van der Waals surface area contributed by atoms with Crippen LogP contribution in [0.5, 0.6) is 0 Å². The third kappa shape index (κ3) is 2.65. The normalized spacial score (nSPS) is 11.3. The largest absolute Gasteiger partial charge is 0.271 e. The molecular formula is C10H6F3N3O2S. The van der Waals surface area contributed by atoms with E-state index in [1.807, 2.05) is 0 Å². The number of nitrogens with zero attached hydrogens (tertiary/aromatic N) is 2. The maximum atomic E-state index is 13.3. The first kappa shape index (κ1) is 13.3. The lowest BCUT2D eigenvalue weighted by Gasteiger charge is -2.07. The second-order valence-corrected chi connectivity index (χ2v) is 5.07. The van der Waals surface area contributed by atoms with Gasteiger partial charge in [0.2, 0.25) is 17.5 Å². The van der Waals surface area contributed by atoms with E-state index in [0.29, 0.717) is 0 Å². The number of rotatable bonds is 3. The van der Waals surface area contributed by atoms with Crippen molar-refractivity contribution in [2.75, 3.05) is 4.72 Å². The molecule has 1 aromatic carbocycles. The Bertz CT molecular complexity index is 707. The van der Waals surface area contributed by atoms with E-state index in [-0.39, 0.29) is 4.90 Å². The van der Waals surface area contributed by atoms with Gasteiger partial charge >= 0.3 is 0 Å². The highest BCUT2D eigenvalue weighted by molar-refractivity contribution is 7.92. The molecule has 1 heterocycles. The highest BCUT2D eigenvalue weighted by Crippen LogP contribution is 2.18. The minimum atomic E-state index is -4.15. The fourth-order valence-electron chi connectivity index (χ4n) is 1.23. The molecule has 0 fully saturated rings. The van der Waals surface area contributed by atoms with Crippen molar-refractivity contribution in [2.45, 2.75) is 4.90 Å². The van der Waals surface area contributed by atoms with Gasteiger partial charge in [0.15, 0.2) is 0 Å². The molecular weight excluding hydrogens is 283 g/mol. The lowest BCUT2D eigenvalue weighted by atomic mass is 10.4. The third-order valence-corrected chi connectivity index (χ3v) is 3.46. The summed E-state index contributed by atoms with van der Waals surface area (Å²) in [5.41, 5.74) is 0. The summed E-state index contributed by atoms with van der Waals surface area (Å²) in [4.78, 5) is -0.180. The zero-order valence-electron chi connectivity index (χ0n) is 9.14. The molecule has 0 saturated carbocycles. The van der Waals surface area contributed by atoms with Crippen molar-refractivity contribution >= 4 is 15.8 Å². The Morgan fingerprint density at radius 3 is 2.21 bits per heavy atom. The Morgan fingerprint density at radius 1 is 0.947 bits per heavy atom.